The van der Waals surface area contributed by atoms with Crippen LogP contribution in [0.15, 0.2) is 23.1 Å². The molecule has 1 unspecified atom stereocenters. The second kappa shape index (κ2) is 6.39. The Kier molecular flexibility index (Phi) is 4.84. The van der Waals surface area contributed by atoms with Crippen LogP contribution in [0.5, 0.6) is 0 Å². The number of benzene rings is 1. The number of hydrogen-bond acceptors (Lipinski definition) is 3. The van der Waals surface area contributed by atoms with Crippen molar-refractivity contribution >= 4 is 17.5 Å². The molecule has 1 atom stereocenters. The summed E-state index contributed by atoms with van der Waals surface area (Å²) in [5.41, 5.74) is 2.10. The standard InChI is InChI=1S/C15H21NOS/c1-3-18-14-7-6-11(2)9-13(14)15(17)12-5-4-8-16-10-12/h6-7,9,12,16H,3-5,8,10H2,1-2H3. The van der Waals surface area contributed by atoms with Gasteiger partial charge >= 0.3 is 0 Å². The van der Waals surface area contributed by atoms with Crippen LogP contribution in [-0.4, -0.2) is 24.6 Å². The van der Waals surface area contributed by atoms with Crippen molar-refractivity contribution in [3.8, 4) is 0 Å². The van der Waals surface area contributed by atoms with Crippen molar-refractivity contribution < 1.29 is 4.79 Å². The fraction of sp³-hybridized carbons (Fsp3) is 0.533. The summed E-state index contributed by atoms with van der Waals surface area (Å²) in [5.74, 6) is 1.49. The number of thioether (sulfide) groups is 1. The van der Waals surface area contributed by atoms with Crippen molar-refractivity contribution in [2.45, 2.75) is 31.6 Å². The summed E-state index contributed by atoms with van der Waals surface area (Å²) in [5, 5.41) is 3.32. The third-order valence-electron chi connectivity index (χ3n) is 3.37. The Balaban J connectivity index is 2.24. The highest BCUT2D eigenvalue weighted by atomic mass is 32.2. The predicted molar refractivity (Wildman–Crippen MR) is 77.5 cm³/mol. The molecule has 1 aliphatic heterocycles. The van der Waals surface area contributed by atoms with Gasteiger partial charge in [0.2, 0.25) is 0 Å². The molecular formula is C15H21NOS. The van der Waals surface area contributed by atoms with Crippen LogP contribution in [0.2, 0.25) is 0 Å². The molecule has 1 aromatic rings. The second-order valence-electron chi connectivity index (χ2n) is 4.84. The average Bonchev–Trinajstić information content (AvgIpc) is 2.41. The minimum absolute atomic E-state index is 0.164. The molecule has 1 heterocycles. The molecule has 2 rings (SSSR count). The van der Waals surface area contributed by atoms with E-state index in [1.165, 1.54) is 5.56 Å². The Morgan fingerprint density at radius 3 is 3.00 bits per heavy atom. The van der Waals surface area contributed by atoms with Gasteiger partial charge < -0.3 is 5.32 Å². The fourth-order valence-corrected chi connectivity index (χ4v) is 3.20. The Morgan fingerprint density at radius 1 is 1.50 bits per heavy atom. The Morgan fingerprint density at radius 2 is 2.33 bits per heavy atom. The highest BCUT2D eigenvalue weighted by molar-refractivity contribution is 7.99. The number of Topliss-reactive ketones (excluding diaryl/α,β-unsaturated/α-hetero) is 1. The van der Waals surface area contributed by atoms with Crippen LogP contribution in [0.4, 0.5) is 0 Å². The Bertz CT molecular complexity index is 425. The highest BCUT2D eigenvalue weighted by Gasteiger charge is 2.24. The van der Waals surface area contributed by atoms with E-state index in [1.807, 2.05) is 0 Å². The Hall–Kier alpha value is -0.800. The SMILES string of the molecule is CCSc1ccc(C)cc1C(=O)C1CCCNC1. The van der Waals surface area contributed by atoms with Gasteiger partial charge in [-0.05, 0) is 44.2 Å². The normalized spacial score (nSPS) is 19.8. The topological polar surface area (TPSA) is 29.1 Å². The zero-order chi connectivity index (χ0) is 13.0. The van der Waals surface area contributed by atoms with Gasteiger partial charge in [-0.15, -0.1) is 11.8 Å². The maximum Gasteiger partial charge on any atom is 0.168 e. The van der Waals surface area contributed by atoms with Gasteiger partial charge in [-0.3, -0.25) is 4.79 Å². The number of aryl methyl sites for hydroxylation is 1. The van der Waals surface area contributed by atoms with Gasteiger partial charge in [-0.1, -0.05) is 18.6 Å². The summed E-state index contributed by atoms with van der Waals surface area (Å²) in [6.45, 7) is 6.06. The third-order valence-corrected chi connectivity index (χ3v) is 4.32. The summed E-state index contributed by atoms with van der Waals surface area (Å²) in [4.78, 5) is 13.7. The first-order valence-electron chi connectivity index (χ1n) is 6.70. The highest BCUT2D eigenvalue weighted by Crippen LogP contribution is 2.27. The lowest BCUT2D eigenvalue weighted by molar-refractivity contribution is 0.0896. The largest absolute Gasteiger partial charge is 0.316 e. The van der Waals surface area contributed by atoms with Gasteiger partial charge in [0, 0.05) is 22.9 Å². The molecule has 0 aliphatic carbocycles. The summed E-state index contributed by atoms with van der Waals surface area (Å²) < 4.78 is 0. The molecule has 1 aliphatic rings. The van der Waals surface area contributed by atoms with Crippen molar-refractivity contribution in [1.82, 2.24) is 5.32 Å². The van der Waals surface area contributed by atoms with Crippen molar-refractivity contribution in [2.24, 2.45) is 5.92 Å². The van der Waals surface area contributed by atoms with E-state index in [1.54, 1.807) is 11.8 Å². The lowest BCUT2D eigenvalue weighted by atomic mass is 9.90. The maximum atomic E-state index is 12.6. The molecule has 2 nitrogen and oxygen atoms in total. The first-order valence-corrected chi connectivity index (χ1v) is 7.69. The zero-order valence-electron chi connectivity index (χ0n) is 11.2. The van der Waals surface area contributed by atoms with Crippen LogP contribution in [-0.2, 0) is 0 Å². The van der Waals surface area contributed by atoms with Crippen molar-refractivity contribution in [2.75, 3.05) is 18.8 Å². The van der Waals surface area contributed by atoms with Gasteiger partial charge in [-0.25, -0.2) is 0 Å². The van der Waals surface area contributed by atoms with Gasteiger partial charge in [0.25, 0.3) is 0 Å². The van der Waals surface area contributed by atoms with Crippen LogP contribution in [0.3, 0.4) is 0 Å². The smallest absolute Gasteiger partial charge is 0.168 e. The number of piperidine rings is 1. The summed E-state index contributed by atoms with van der Waals surface area (Å²) >= 11 is 1.76. The van der Waals surface area contributed by atoms with E-state index < -0.39 is 0 Å². The van der Waals surface area contributed by atoms with E-state index in [0.29, 0.717) is 5.78 Å². The van der Waals surface area contributed by atoms with E-state index in [4.69, 9.17) is 0 Å². The van der Waals surface area contributed by atoms with Crippen molar-refractivity contribution in [3.63, 3.8) is 0 Å². The Labute approximate surface area is 114 Å². The second-order valence-corrected chi connectivity index (χ2v) is 6.15. The van der Waals surface area contributed by atoms with Crippen LogP contribution in [0.1, 0.15) is 35.7 Å². The molecular weight excluding hydrogens is 242 g/mol. The molecule has 0 bridgehead atoms. The molecule has 1 saturated heterocycles. The number of carbonyl (C=O) groups is 1. The van der Waals surface area contributed by atoms with Gasteiger partial charge in [-0.2, -0.15) is 0 Å². The lowest BCUT2D eigenvalue weighted by Crippen LogP contribution is -2.34. The van der Waals surface area contributed by atoms with Crippen molar-refractivity contribution in [1.29, 1.82) is 0 Å². The summed E-state index contributed by atoms with van der Waals surface area (Å²) in [6, 6.07) is 6.23. The van der Waals surface area contributed by atoms with E-state index in [9.17, 15) is 4.79 Å². The number of ketones is 1. The molecule has 18 heavy (non-hydrogen) atoms. The summed E-state index contributed by atoms with van der Waals surface area (Å²) in [7, 11) is 0. The first kappa shape index (κ1) is 13.6. The molecule has 98 valence electrons. The number of carbonyl (C=O) groups excluding carboxylic acids is 1. The van der Waals surface area contributed by atoms with Crippen LogP contribution in [0.25, 0.3) is 0 Å². The molecule has 1 aromatic carbocycles. The van der Waals surface area contributed by atoms with Gasteiger partial charge in [0.15, 0.2) is 5.78 Å². The monoisotopic (exact) mass is 263 g/mol. The quantitative estimate of drug-likeness (QED) is 0.667. The minimum atomic E-state index is 0.164. The fourth-order valence-electron chi connectivity index (χ4n) is 2.41. The number of nitrogens with one attached hydrogen (secondary N) is 1. The summed E-state index contributed by atoms with van der Waals surface area (Å²) in [6.07, 6.45) is 2.13. The molecule has 0 aromatic heterocycles. The van der Waals surface area contributed by atoms with E-state index in [2.05, 4.69) is 37.4 Å². The van der Waals surface area contributed by atoms with Crippen molar-refractivity contribution in [3.05, 3.63) is 29.3 Å². The third kappa shape index (κ3) is 3.15. The van der Waals surface area contributed by atoms with Gasteiger partial charge in [0.05, 0.1) is 0 Å². The molecule has 1 N–H and O–H groups in total. The van der Waals surface area contributed by atoms with Crippen LogP contribution < -0.4 is 5.32 Å². The minimum Gasteiger partial charge on any atom is -0.316 e. The molecule has 0 amide bonds. The molecule has 0 radical (unpaired) electrons. The predicted octanol–water partition coefficient (Wildman–Crippen LogP) is 3.29. The van der Waals surface area contributed by atoms with E-state index in [0.717, 1.165) is 42.1 Å². The lowest BCUT2D eigenvalue weighted by Gasteiger charge is -2.22. The average molecular weight is 263 g/mol. The molecule has 1 fully saturated rings. The van der Waals surface area contributed by atoms with E-state index in [-0.39, 0.29) is 5.92 Å². The first-order chi connectivity index (χ1) is 8.72. The van der Waals surface area contributed by atoms with Gasteiger partial charge in [0.1, 0.15) is 0 Å². The molecule has 0 saturated carbocycles. The molecule has 0 spiro atoms. The number of hydrogen-bond donors (Lipinski definition) is 1. The van der Waals surface area contributed by atoms with Crippen LogP contribution in [0, 0.1) is 12.8 Å². The van der Waals surface area contributed by atoms with E-state index >= 15 is 0 Å². The molecule has 3 heteroatoms. The van der Waals surface area contributed by atoms with Crippen LogP contribution >= 0.6 is 11.8 Å². The maximum absolute atomic E-state index is 12.6. The number of rotatable bonds is 4. The zero-order valence-corrected chi connectivity index (χ0v) is 12.0.